The fourth-order valence-corrected chi connectivity index (χ4v) is 0.824. The highest BCUT2D eigenvalue weighted by Gasteiger charge is 1.92. The number of hydrogen-bond acceptors (Lipinski definition) is 2. The zero-order chi connectivity index (χ0) is 7.23. The molecule has 10 heavy (non-hydrogen) atoms. The van der Waals surface area contributed by atoms with E-state index in [1.807, 2.05) is 6.07 Å². The maximum atomic E-state index is 9.91. The van der Waals surface area contributed by atoms with Crippen LogP contribution < -0.4 is 0 Å². The Morgan fingerprint density at radius 1 is 1.60 bits per heavy atom. The van der Waals surface area contributed by atoms with Crippen molar-refractivity contribution < 1.29 is 9.21 Å². The lowest BCUT2D eigenvalue weighted by atomic mass is 10.1. The number of aryl methyl sites for hydroxylation is 1. The minimum Gasteiger partial charge on any atom is -0.472 e. The molecular formula is C8H10O2. The van der Waals surface area contributed by atoms with Gasteiger partial charge < -0.3 is 9.21 Å². The van der Waals surface area contributed by atoms with E-state index in [0.717, 1.165) is 19.1 Å². The van der Waals surface area contributed by atoms with E-state index in [1.54, 1.807) is 12.5 Å². The molecule has 0 unspecified atom stereocenters. The van der Waals surface area contributed by atoms with Gasteiger partial charge in [-0.1, -0.05) is 0 Å². The van der Waals surface area contributed by atoms with Gasteiger partial charge in [0.05, 0.1) is 12.5 Å². The summed E-state index contributed by atoms with van der Waals surface area (Å²) in [4.78, 5) is 9.91. The van der Waals surface area contributed by atoms with Crippen molar-refractivity contribution >= 4 is 6.29 Å². The number of hydrogen-bond donors (Lipinski definition) is 0. The van der Waals surface area contributed by atoms with Crippen LogP contribution in [0.1, 0.15) is 18.4 Å². The molecule has 1 aromatic heterocycles. The number of aldehydes is 1. The normalized spacial score (nSPS) is 9.60. The molecule has 0 N–H and O–H groups in total. The van der Waals surface area contributed by atoms with Crippen molar-refractivity contribution in [3.05, 3.63) is 24.2 Å². The number of furan rings is 1. The van der Waals surface area contributed by atoms with E-state index in [1.165, 1.54) is 5.56 Å². The minimum atomic E-state index is 0.644. The topological polar surface area (TPSA) is 30.2 Å². The molecule has 0 saturated carbocycles. The van der Waals surface area contributed by atoms with Crippen LogP contribution in [-0.2, 0) is 11.2 Å². The Bertz CT molecular complexity index is 177. The van der Waals surface area contributed by atoms with E-state index in [2.05, 4.69) is 0 Å². The summed E-state index contributed by atoms with van der Waals surface area (Å²) in [5.74, 6) is 0. The highest BCUT2D eigenvalue weighted by molar-refractivity contribution is 5.49. The molecule has 0 atom stereocenters. The average Bonchev–Trinajstić information content (AvgIpc) is 2.41. The van der Waals surface area contributed by atoms with Gasteiger partial charge in [0.15, 0.2) is 0 Å². The van der Waals surface area contributed by atoms with E-state index >= 15 is 0 Å². The molecule has 0 spiro atoms. The molecule has 54 valence electrons. The zero-order valence-electron chi connectivity index (χ0n) is 5.75. The Morgan fingerprint density at radius 2 is 2.50 bits per heavy atom. The quantitative estimate of drug-likeness (QED) is 0.469. The van der Waals surface area contributed by atoms with Gasteiger partial charge in [-0.05, 0) is 24.5 Å². The van der Waals surface area contributed by atoms with Gasteiger partial charge in [0, 0.05) is 6.42 Å². The second kappa shape index (κ2) is 3.88. The third-order valence-electron chi connectivity index (χ3n) is 1.37. The number of carbonyl (C=O) groups is 1. The van der Waals surface area contributed by atoms with Crippen molar-refractivity contribution in [2.45, 2.75) is 19.3 Å². The molecule has 0 aliphatic rings. The van der Waals surface area contributed by atoms with Crippen molar-refractivity contribution in [3.63, 3.8) is 0 Å². The summed E-state index contributed by atoms with van der Waals surface area (Å²) in [6.07, 6.45) is 6.81. The van der Waals surface area contributed by atoms with Gasteiger partial charge in [-0.3, -0.25) is 0 Å². The molecule has 2 nitrogen and oxygen atoms in total. The summed E-state index contributed by atoms with van der Waals surface area (Å²) in [6, 6.07) is 1.92. The first kappa shape index (κ1) is 7.06. The Labute approximate surface area is 59.8 Å². The van der Waals surface area contributed by atoms with Crippen LogP contribution in [0.3, 0.4) is 0 Å². The van der Waals surface area contributed by atoms with E-state index in [0.29, 0.717) is 6.42 Å². The first-order chi connectivity index (χ1) is 4.93. The maximum Gasteiger partial charge on any atom is 0.120 e. The molecule has 0 saturated heterocycles. The van der Waals surface area contributed by atoms with Crippen molar-refractivity contribution in [2.24, 2.45) is 0 Å². The molecule has 0 aromatic carbocycles. The Hall–Kier alpha value is -1.05. The Morgan fingerprint density at radius 3 is 3.10 bits per heavy atom. The number of unbranched alkanes of at least 4 members (excludes halogenated alkanes) is 1. The van der Waals surface area contributed by atoms with Crippen LogP contribution in [0.2, 0.25) is 0 Å². The summed E-state index contributed by atoms with van der Waals surface area (Å²) in [5.41, 5.74) is 1.17. The molecule has 2 heteroatoms. The van der Waals surface area contributed by atoms with Gasteiger partial charge in [0.25, 0.3) is 0 Å². The zero-order valence-corrected chi connectivity index (χ0v) is 5.75. The lowest BCUT2D eigenvalue weighted by Crippen LogP contribution is -1.81. The van der Waals surface area contributed by atoms with Crippen LogP contribution in [0.5, 0.6) is 0 Å². The molecule has 0 aliphatic heterocycles. The third-order valence-corrected chi connectivity index (χ3v) is 1.37. The molecule has 0 radical (unpaired) electrons. The standard InChI is InChI=1S/C8H10O2/c9-5-2-1-3-8-4-6-10-7-8/h4-7H,1-3H2. The van der Waals surface area contributed by atoms with Crippen LogP contribution in [0.15, 0.2) is 23.0 Å². The van der Waals surface area contributed by atoms with Crippen LogP contribution in [0.4, 0.5) is 0 Å². The van der Waals surface area contributed by atoms with Gasteiger partial charge >= 0.3 is 0 Å². The van der Waals surface area contributed by atoms with Crippen LogP contribution in [0.25, 0.3) is 0 Å². The van der Waals surface area contributed by atoms with Crippen LogP contribution >= 0.6 is 0 Å². The highest BCUT2D eigenvalue weighted by atomic mass is 16.3. The van der Waals surface area contributed by atoms with Gasteiger partial charge in [0.2, 0.25) is 0 Å². The molecule has 1 aromatic rings. The lowest BCUT2D eigenvalue weighted by Gasteiger charge is -1.89. The lowest BCUT2D eigenvalue weighted by molar-refractivity contribution is -0.107. The fourth-order valence-electron chi connectivity index (χ4n) is 0.824. The highest BCUT2D eigenvalue weighted by Crippen LogP contribution is 2.03. The molecule has 0 fully saturated rings. The summed E-state index contributed by atoms with van der Waals surface area (Å²) < 4.78 is 4.86. The Balaban J connectivity index is 2.21. The number of rotatable bonds is 4. The van der Waals surface area contributed by atoms with E-state index in [9.17, 15) is 4.79 Å². The van der Waals surface area contributed by atoms with Crippen LogP contribution in [0, 0.1) is 0 Å². The molecular weight excluding hydrogens is 128 g/mol. The predicted molar refractivity (Wildman–Crippen MR) is 37.7 cm³/mol. The molecule has 1 rings (SSSR count). The Kier molecular flexibility index (Phi) is 2.74. The molecule has 0 amide bonds. The monoisotopic (exact) mass is 138 g/mol. The largest absolute Gasteiger partial charge is 0.472 e. The van der Waals surface area contributed by atoms with Crippen molar-refractivity contribution in [2.75, 3.05) is 0 Å². The first-order valence-electron chi connectivity index (χ1n) is 3.38. The summed E-state index contributed by atoms with van der Waals surface area (Å²) in [5, 5.41) is 0. The van der Waals surface area contributed by atoms with Crippen molar-refractivity contribution in [3.8, 4) is 0 Å². The van der Waals surface area contributed by atoms with Gasteiger partial charge in [-0.15, -0.1) is 0 Å². The number of carbonyl (C=O) groups excluding carboxylic acids is 1. The summed E-state index contributed by atoms with van der Waals surface area (Å²) in [7, 11) is 0. The van der Waals surface area contributed by atoms with E-state index < -0.39 is 0 Å². The molecule has 1 heterocycles. The van der Waals surface area contributed by atoms with E-state index in [4.69, 9.17) is 4.42 Å². The van der Waals surface area contributed by atoms with Crippen molar-refractivity contribution in [1.29, 1.82) is 0 Å². The smallest absolute Gasteiger partial charge is 0.120 e. The fraction of sp³-hybridized carbons (Fsp3) is 0.375. The second-order valence-corrected chi connectivity index (χ2v) is 2.19. The van der Waals surface area contributed by atoms with Crippen molar-refractivity contribution in [1.82, 2.24) is 0 Å². The summed E-state index contributed by atoms with van der Waals surface area (Å²) in [6.45, 7) is 0. The molecule has 0 aliphatic carbocycles. The maximum absolute atomic E-state index is 9.91. The second-order valence-electron chi connectivity index (χ2n) is 2.19. The SMILES string of the molecule is O=CCCCc1ccoc1. The predicted octanol–water partition coefficient (Wildman–Crippen LogP) is 1.80. The van der Waals surface area contributed by atoms with Gasteiger partial charge in [-0.2, -0.15) is 0 Å². The minimum absolute atomic E-state index is 0.644. The van der Waals surface area contributed by atoms with Crippen LogP contribution in [-0.4, -0.2) is 6.29 Å². The molecule has 0 bridgehead atoms. The summed E-state index contributed by atoms with van der Waals surface area (Å²) >= 11 is 0. The first-order valence-corrected chi connectivity index (χ1v) is 3.38. The van der Waals surface area contributed by atoms with E-state index in [-0.39, 0.29) is 0 Å². The van der Waals surface area contributed by atoms with Gasteiger partial charge in [0.1, 0.15) is 6.29 Å². The average molecular weight is 138 g/mol. The van der Waals surface area contributed by atoms with Gasteiger partial charge in [-0.25, -0.2) is 0 Å². The third kappa shape index (κ3) is 2.05.